The average molecular weight is 367 g/mol. The lowest BCUT2D eigenvalue weighted by Crippen LogP contribution is -2.42. The number of amides is 1. The first-order valence-corrected chi connectivity index (χ1v) is 9.12. The Morgan fingerprint density at radius 3 is 2.73 bits per heavy atom. The number of nitrogens with zero attached hydrogens (tertiary/aromatic N) is 5. The highest BCUT2D eigenvalue weighted by Crippen LogP contribution is 2.25. The van der Waals surface area contributed by atoms with Crippen molar-refractivity contribution in [2.75, 3.05) is 19.7 Å². The van der Waals surface area contributed by atoms with Crippen molar-refractivity contribution >= 4 is 17.2 Å². The number of carbonyl (C=O) groups is 1. The van der Waals surface area contributed by atoms with Gasteiger partial charge in [-0.25, -0.2) is 15.0 Å². The largest absolute Gasteiger partial charge is 0.368 e. The molecule has 8 heteroatoms. The van der Waals surface area contributed by atoms with E-state index in [1.165, 1.54) is 17.7 Å². The van der Waals surface area contributed by atoms with Crippen molar-refractivity contribution in [3.05, 3.63) is 58.8 Å². The van der Waals surface area contributed by atoms with Gasteiger partial charge in [-0.1, -0.05) is 6.07 Å². The van der Waals surface area contributed by atoms with E-state index in [2.05, 4.69) is 19.9 Å². The molecule has 3 aromatic heterocycles. The zero-order valence-electron chi connectivity index (χ0n) is 14.2. The van der Waals surface area contributed by atoms with Crippen LogP contribution in [0.4, 0.5) is 0 Å². The molecule has 1 fully saturated rings. The molecule has 0 aliphatic carbocycles. The Balaban J connectivity index is 1.49. The summed E-state index contributed by atoms with van der Waals surface area (Å²) in [4.78, 5) is 31.9. The maximum atomic E-state index is 12.7. The molecule has 132 valence electrons. The zero-order valence-corrected chi connectivity index (χ0v) is 15.0. The van der Waals surface area contributed by atoms with Gasteiger partial charge in [0.15, 0.2) is 0 Å². The fourth-order valence-corrected chi connectivity index (χ4v) is 3.65. The van der Waals surface area contributed by atoms with Crippen LogP contribution in [0.25, 0.3) is 11.1 Å². The lowest BCUT2D eigenvalue weighted by molar-refractivity contribution is -0.0245. The maximum Gasteiger partial charge on any atom is 0.266 e. The first kappa shape index (κ1) is 16.7. The summed E-state index contributed by atoms with van der Waals surface area (Å²) in [7, 11) is 0. The first-order chi connectivity index (χ1) is 12.7. The second-order valence-electron chi connectivity index (χ2n) is 5.98. The summed E-state index contributed by atoms with van der Waals surface area (Å²) in [6.07, 6.45) is 6.54. The molecule has 1 atom stereocenters. The molecule has 0 unspecified atom stereocenters. The van der Waals surface area contributed by atoms with Gasteiger partial charge in [0, 0.05) is 36.3 Å². The van der Waals surface area contributed by atoms with Crippen molar-refractivity contribution in [2.24, 2.45) is 0 Å². The Hall–Kier alpha value is -2.71. The van der Waals surface area contributed by atoms with E-state index < -0.39 is 0 Å². The van der Waals surface area contributed by atoms with Gasteiger partial charge in [0.2, 0.25) is 0 Å². The minimum atomic E-state index is -0.234. The molecule has 0 saturated carbocycles. The smallest absolute Gasteiger partial charge is 0.266 e. The molecular weight excluding hydrogens is 350 g/mol. The quantitative estimate of drug-likeness (QED) is 0.708. The predicted molar refractivity (Wildman–Crippen MR) is 96.7 cm³/mol. The van der Waals surface area contributed by atoms with E-state index in [1.54, 1.807) is 24.1 Å². The van der Waals surface area contributed by atoms with Crippen LogP contribution < -0.4 is 0 Å². The summed E-state index contributed by atoms with van der Waals surface area (Å²) in [5.74, 6) is 0.0105. The number of carbonyl (C=O) groups excluding carboxylic acids is 1. The van der Waals surface area contributed by atoms with Gasteiger partial charge in [-0.15, -0.1) is 11.3 Å². The number of morpholine rings is 1. The fourth-order valence-electron chi connectivity index (χ4n) is 2.88. The van der Waals surface area contributed by atoms with Crippen LogP contribution in [0.5, 0.6) is 0 Å². The Morgan fingerprint density at radius 2 is 2.04 bits per heavy atom. The van der Waals surface area contributed by atoms with E-state index in [4.69, 9.17) is 4.74 Å². The van der Waals surface area contributed by atoms with Crippen molar-refractivity contribution in [1.29, 1.82) is 0 Å². The minimum Gasteiger partial charge on any atom is -0.368 e. The van der Waals surface area contributed by atoms with Crippen LogP contribution in [-0.2, 0) is 4.74 Å². The lowest BCUT2D eigenvalue weighted by Gasteiger charge is -2.32. The van der Waals surface area contributed by atoms with Crippen LogP contribution in [-0.4, -0.2) is 50.4 Å². The second-order valence-corrected chi connectivity index (χ2v) is 6.83. The summed E-state index contributed by atoms with van der Waals surface area (Å²) >= 11 is 1.38. The molecule has 0 spiro atoms. The molecule has 4 rings (SSSR count). The third-order valence-electron chi connectivity index (χ3n) is 4.30. The standard InChI is InChI=1S/C18H17N5O2S/c1-12-17(26-11-22-12)18(24)23-4-5-25-16(9-23)15-3-2-13(8-21-15)14-6-19-10-20-7-14/h2-3,6-8,10-11,16H,4-5,9H2,1H3/t16-/m0/s1. The zero-order chi connectivity index (χ0) is 17.9. The SMILES string of the molecule is Cc1ncsc1C(=O)N1CCO[C@H](c2ccc(-c3cncnc3)cn2)C1. The Bertz CT molecular complexity index is 897. The monoisotopic (exact) mass is 367 g/mol. The molecule has 0 bridgehead atoms. The number of aromatic nitrogens is 4. The van der Waals surface area contributed by atoms with E-state index in [0.717, 1.165) is 22.5 Å². The van der Waals surface area contributed by atoms with Gasteiger partial charge in [-0.2, -0.15) is 0 Å². The predicted octanol–water partition coefficient (Wildman–Crippen LogP) is 2.52. The molecule has 1 saturated heterocycles. The van der Waals surface area contributed by atoms with Crippen molar-refractivity contribution < 1.29 is 9.53 Å². The van der Waals surface area contributed by atoms with E-state index >= 15 is 0 Å². The third-order valence-corrected chi connectivity index (χ3v) is 5.22. The summed E-state index contributed by atoms with van der Waals surface area (Å²) in [6, 6.07) is 3.90. The van der Waals surface area contributed by atoms with Gasteiger partial charge >= 0.3 is 0 Å². The van der Waals surface area contributed by atoms with Crippen molar-refractivity contribution in [1.82, 2.24) is 24.8 Å². The number of pyridine rings is 1. The highest BCUT2D eigenvalue weighted by Gasteiger charge is 2.28. The molecular formula is C18H17N5O2S. The van der Waals surface area contributed by atoms with E-state index in [9.17, 15) is 4.79 Å². The highest BCUT2D eigenvalue weighted by atomic mass is 32.1. The molecule has 0 radical (unpaired) electrons. The first-order valence-electron chi connectivity index (χ1n) is 8.24. The molecule has 0 aromatic carbocycles. The number of ether oxygens (including phenoxy) is 1. The summed E-state index contributed by atoms with van der Waals surface area (Å²) in [5.41, 5.74) is 5.14. The lowest BCUT2D eigenvalue weighted by atomic mass is 10.1. The molecule has 1 aliphatic heterocycles. The number of aryl methyl sites for hydroxylation is 1. The summed E-state index contributed by atoms with van der Waals surface area (Å²) in [5, 5.41) is 0. The average Bonchev–Trinajstić information content (AvgIpc) is 3.14. The minimum absolute atomic E-state index is 0.0105. The fraction of sp³-hybridized carbons (Fsp3) is 0.278. The van der Waals surface area contributed by atoms with E-state index in [-0.39, 0.29) is 12.0 Å². The Morgan fingerprint density at radius 1 is 1.19 bits per heavy atom. The topological polar surface area (TPSA) is 81.1 Å². The summed E-state index contributed by atoms with van der Waals surface area (Å²) in [6.45, 7) is 3.41. The van der Waals surface area contributed by atoms with Gasteiger partial charge in [-0.3, -0.25) is 9.78 Å². The van der Waals surface area contributed by atoms with Crippen LogP contribution in [0.15, 0.2) is 42.6 Å². The molecule has 0 N–H and O–H groups in total. The van der Waals surface area contributed by atoms with Crippen molar-refractivity contribution in [3.63, 3.8) is 0 Å². The molecule has 1 aliphatic rings. The Labute approximate surface area is 154 Å². The van der Waals surface area contributed by atoms with Gasteiger partial charge < -0.3 is 9.64 Å². The van der Waals surface area contributed by atoms with Gasteiger partial charge in [0.25, 0.3) is 5.91 Å². The van der Waals surface area contributed by atoms with Gasteiger partial charge in [-0.05, 0) is 13.0 Å². The number of thiazole rings is 1. The van der Waals surface area contributed by atoms with Crippen LogP contribution in [0, 0.1) is 6.92 Å². The van der Waals surface area contributed by atoms with Crippen molar-refractivity contribution in [3.8, 4) is 11.1 Å². The third kappa shape index (κ3) is 3.33. The number of hydrogen-bond acceptors (Lipinski definition) is 7. The van der Waals surface area contributed by atoms with Gasteiger partial charge in [0.05, 0.1) is 30.1 Å². The highest BCUT2D eigenvalue weighted by molar-refractivity contribution is 7.11. The van der Waals surface area contributed by atoms with E-state index in [0.29, 0.717) is 24.6 Å². The number of rotatable bonds is 3. The summed E-state index contributed by atoms with van der Waals surface area (Å²) < 4.78 is 5.84. The van der Waals surface area contributed by atoms with Crippen LogP contribution >= 0.6 is 11.3 Å². The van der Waals surface area contributed by atoms with Crippen LogP contribution in [0.2, 0.25) is 0 Å². The maximum absolute atomic E-state index is 12.7. The molecule has 4 heterocycles. The molecule has 26 heavy (non-hydrogen) atoms. The number of hydrogen-bond donors (Lipinski definition) is 0. The van der Waals surface area contributed by atoms with Crippen LogP contribution in [0.1, 0.15) is 27.2 Å². The van der Waals surface area contributed by atoms with Gasteiger partial charge in [0.1, 0.15) is 17.3 Å². The molecule has 7 nitrogen and oxygen atoms in total. The Kier molecular flexibility index (Phi) is 4.68. The van der Waals surface area contributed by atoms with Crippen LogP contribution in [0.3, 0.4) is 0 Å². The normalized spacial score (nSPS) is 17.3. The molecule has 1 amide bonds. The van der Waals surface area contributed by atoms with E-state index in [1.807, 2.05) is 24.0 Å². The molecule has 3 aromatic rings. The second kappa shape index (κ2) is 7.27. The van der Waals surface area contributed by atoms with Crippen molar-refractivity contribution in [2.45, 2.75) is 13.0 Å².